The number of aryl methyl sites for hydroxylation is 1. The molecule has 2 N–H and O–H groups in total. The van der Waals surface area contributed by atoms with Crippen LogP contribution in [0.25, 0.3) is 0 Å². The van der Waals surface area contributed by atoms with E-state index in [0.29, 0.717) is 0 Å². The van der Waals surface area contributed by atoms with E-state index in [9.17, 15) is 9.59 Å². The van der Waals surface area contributed by atoms with Crippen molar-refractivity contribution in [3.05, 3.63) is 29.8 Å². The highest BCUT2D eigenvalue weighted by molar-refractivity contribution is 5.95. The molecule has 0 bridgehead atoms. The fourth-order valence-electron chi connectivity index (χ4n) is 1.56. The Bertz CT molecular complexity index is 439. The van der Waals surface area contributed by atoms with Crippen LogP contribution in [0.1, 0.15) is 18.4 Å². The Morgan fingerprint density at radius 3 is 2.65 bits per heavy atom. The molecule has 1 saturated carbocycles. The van der Waals surface area contributed by atoms with Crippen LogP contribution in [0.5, 0.6) is 0 Å². The topological polar surface area (TPSA) is 58.2 Å². The first-order valence-electron chi connectivity index (χ1n) is 5.80. The van der Waals surface area contributed by atoms with Gasteiger partial charge < -0.3 is 10.6 Å². The Kier molecular flexibility index (Phi) is 3.42. The van der Waals surface area contributed by atoms with Crippen molar-refractivity contribution >= 4 is 17.5 Å². The molecule has 2 rings (SSSR count). The largest absolute Gasteiger partial charge is 0.347 e. The highest BCUT2D eigenvalue weighted by atomic mass is 16.2. The van der Waals surface area contributed by atoms with E-state index in [1.807, 2.05) is 31.2 Å². The summed E-state index contributed by atoms with van der Waals surface area (Å²) in [5, 5.41) is 5.40. The van der Waals surface area contributed by atoms with Crippen LogP contribution < -0.4 is 10.6 Å². The van der Waals surface area contributed by atoms with Gasteiger partial charge in [-0.25, -0.2) is 0 Å². The molecule has 0 heterocycles. The molecule has 2 amide bonds. The highest BCUT2D eigenvalue weighted by Crippen LogP contribution is 2.28. The average Bonchev–Trinajstić information content (AvgIpc) is 3.13. The van der Waals surface area contributed by atoms with Crippen molar-refractivity contribution in [2.24, 2.45) is 5.92 Å². The summed E-state index contributed by atoms with van der Waals surface area (Å²) in [6, 6.07) is 7.56. The van der Waals surface area contributed by atoms with E-state index >= 15 is 0 Å². The van der Waals surface area contributed by atoms with Gasteiger partial charge in [0.25, 0.3) is 0 Å². The fraction of sp³-hybridized carbons (Fsp3) is 0.385. The van der Waals surface area contributed by atoms with Crippen LogP contribution in [-0.2, 0) is 9.59 Å². The van der Waals surface area contributed by atoms with Crippen molar-refractivity contribution in [1.82, 2.24) is 5.32 Å². The fourth-order valence-corrected chi connectivity index (χ4v) is 1.56. The summed E-state index contributed by atoms with van der Waals surface area (Å²) in [6.45, 7) is 1.97. The Labute approximate surface area is 100 Å². The van der Waals surface area contributed by atoms with Gasteiger partial charge in [0, 0.05) is 11.6 Å². The number of nitrogens with one attached hydrogen (secondary N) is 2. The molecule has 0 unspecified atom stereocenters. The van der Waals surface area contributed by atoms with Gasteiger partial charge in [-0.3, -0.25) is 9.59 Å². The van der Waals surface area contributed by atoms with E-state index in [2.05, 4.69) is 10.6 Å². The molecule has 90 valence electrons. The highest BCUT2D eigenvalue weighted by Gasteiger charge is 2.29. The third kappa shape index (κ3) is 3.31. The number of benzene rings is 1. The molecule has 1 aromatic carbocycles. The Morgan fingerprint density at radius 2 is 2.00 bits per heavy atom. The van der Waals surface area contributed by atoms with Crippen LogP contribution in [0.3, 0.4) is 0 Å². The van der Waals surface area contributed by atoms with Gasteiger partial charge in [-0.15, -0.1) is 0 Å². The third-order valence-corrected chi connectivity index (χ3v) is 2.79. The number of anilines is 1. The van der Waals surface area contributed by atoms with Gasteiger partial charge in [-0.2, -0.15) is 0 Å². The Hall–Kier alpha value is -1.84. The molecule has 1 fully saturated rings. The molecule has 0 saturated heterocycles. The summed E-state index contributed by atoms with van der Waals surface area (Å²) >= 11 is 0. The maximum absolute atomic E-state index is 11.6. The van der Waals surface area contributed by atoms with Crippen LogP contribution in [0.4, 0.5) is 5.69 Å². The van der Waals surface area contributed by atoms with Gasteiger partial charge in [-0.05, 0) is 31.4 Å². The number of carbonyl (C=O) groups excluding carboxylic acids is 2. The summed E-state index contributed by atoms with van der Waals surface area (Å²) in [4.78, 5) is 22.9. The first-order valence-corrected chi connectivity index (χ1v) is 5.80. The van der Waals surface area contributed by atoms with E-state index in [1.54, 1.807) is 0 Å². The molecule has 0 spiro atoms. The number of carbonyl (C=O) groups is 2. The second-order valence-corrected chi connectivity index (χ2v) is 4.36. The molecule has 0 radical (unpaired) electrons. The number of hydrogen-bond donors (Lipinski definition) is 2. The van der Waals surface area contributed by atoms with Crippen molar-refractivity contribution in [2.75, 3.05) is 11.9 Å². The van der Waals surface area contributed by atoms with E-state index in [0.717, 1.165) is 24.1 Å². The Morgan fingerprint density at radius 1 is 1.29 bits per heavy atom. The molecular formula is C13H16N2O2. The third-order valence-electron chi connectivity index (χ3n) is 2.79. The van der Waals surface area contributed by atoms with Gasteiger partial charge >= 0.3 is 0 Å². The number of para-hydroxylation sites is 1. The van der Waals surface area contributed by atoms with Gasteiger partial charge in [0.15, 0.2) is 0 Å². The van der Waals surface area contributed by atoms with E-state index in [1.165, 1.54) is 0 Å². The molecule has 4 heteroatoms. The zero-order valence-electron chi connectivity index (χ0n) is 9.82. The predicted molar refractivity (Wildman–Crippen MR) is 65.5 cm³/mol. The minimum Gasteiger partial charge on any atom is -0.347 e. The predicted octanol–water partition coefficient (Wildman–Crippen LogP) is 1.46. The first-order chi connectivity index (χ1) is 8.16. The SMILES string of the molecule is Cc1ccccc1NC(=O)CNC(=O)C1CC1. The molecule has 4 nitrogen and oxygen atoms in total. The van der Waals surface area contributed by atoms with Crippen molar-refractivity contribution in [1.29, 1.82) is 0 Å². The molecule has 0 atom stereocenters. The van der Waals surface area contributed by atoms with Gasteiger partial charge in [0.2, 0.25) is 11.8 Å². The Balaban J connectivity index is 1.80. The van der Waals surface area contributed by atoms with Crippen LogP contribution in [0.15, 0.2) is 24.3 Å². The van der Waals surface area contributed by atoms with Gasteiger partial charge in [0.05, 0.1) is 6.54 Å². The lowest BCUT2D eigenvalue weighted by Gasteiger charge is -2.08. The number of amides is 2. The van der Waals surface area contributed by atoms with Crippen LogP contribution in [0, 0.1) is 12.8 Å². The van der Waals surface area contributed by atoms with Crippen LogP contribution in [-0.4, -0.2) is 18.4 Å². The van der Waals surface area contributed by atoms with Gasteiger partial charge in [0.1, 0.15) is 0 Å². The molecule has 0 aromatic heterocycles. The lowest BCUT2D eigenvalue weighted by Crippen LogP contribution is -2.33. The summed E-state index contributed by atoms with van der Waals surface area (Å²) in [7, 11) is 0. The molecular weight excluding hydrogens is 216 g/mol. The zero-order chi connectivity index (χ0) is 12.3. The smallest absolute Gasteiger partial charge is 0.243 e. The molecule has 17 heavy (non-hydrogen) atoms. The summed E-state index contributed by atoms with van der Waals surface area (Å²) in [6.07, 6.45) is 1.90. The molecule has 0 aliphatic heterocycles. The lowest BCUT2D eigenvalue weighted by atomic mass is 10.2. The number of hydrogen-bond acceptors (Lipinski definition) is 2. The van der Waals surface area contributed by atoms with Gasteiger partial charge in [-0.1, -0.05) is 18.2 Å². The quantitative estimate of drug-likeness (QED) is 0.825. The monoisotopic (exact) mass is 232 g/mol. The second-order valence-electron chi connectivity index (χ2n) is 4.36. The normalized spacial score (nSPS) is 14.2. The van der Waals surface area contributed by atoms with Crippen molar-refractivity contribution < 1.29 is 9.59 Å². The standard InChI is InChI=1S/C13H16N2O2/c1-9-4-2-3-5-11(9)15-12(16)8-14-13(17)10-6-7-10/h2-5,10H,6-8H2,1H3,(H,14,17)(H,15,16). The van der Waals surface area contributed by atoms with E-state index in [4.69, 9.17) is 0 Å². The second kappa shape index (κ2) is 4.99. The molecule has 1 aliphatic carbocycles. The van der Waals surface area contributed by atoms with Crippen molar-refractivity contribution in [2.45, 2.75) is 19.8 Å². The van der Waals surface area contributed by atoms with Crippen LogP contribution >= 0.6 is 0 Å². The van der Waals surface area contributed by atoms with E-state index < -0.39 is 0 Å². The zero-order valence-corrected chi connectivity index (χ0v) is 9.82. The molecule has 1 aromatic rings. The van der Waals surface area contributed by atoms with Crippen molar-refractivity contribution in [3.8, 4) is 0 Å². The van der Waals surface area contributed by atoms with Crippen molar-refractivity contribution in [3.63, 3.8) is 0 Å². The minimum atomic E-state index is -0.187. The average molecular weight is 232 g/mol. The lowest BCUT2D eigenvalue weighted by molar-refractivity contribution is -0.125. The first kappa shape index (κ1) is 11.6. The summed E-state index contributed by atoms with van der Waals surface area (Å²) in [5.74, 6) is -0.0560. The summed E-state index contributed by atoms with van der Waals surface area (Å²) in [5.41, 5.74) is 1.80. The van der Waals surface area contributed by atoms with E-state index in [-0.39, 0.29) is 24.3 Å². The minimum absolute atomic E-state index is 0.00932. The van der Waals surface area contributed by atoms with Crippen LogP contribution in [0.2, 0.25) is 0 Å². The number of rotatable bonds is 4. The maximum Gasteiger partial charge on any atom is 0.243 e. The summed E-state index contributed by atoms with van der Waals surface area (Å²) < 4.78 is 0. The maximum atomic E-state index is 11.6. The molecule has 1 aliphatic rings.